The van der Waals surface area contributed by atoms with E-state index in [-0.39, 0.29) is 24.6 Å². The summed E-state index contributed by atoms with van der Waals surface area (Å²) < 4.78 is 16.0. The number of esters is 1. The van der Waals surface area contributed by atoms with Gasteiger partial charge in [-0.1, -0.05) is 12.1 Å². The van der Waals surface area contributed by atoms with Crippen LogP contribution in [-0.4, -0.2) is 62.3 Å². The van der Waals surface area contributed by atoms with Gasteiger partial charge in [0.05, 0.1) is 33.5 Å². The molecular formula is C22H28N2O5S. The molecule has 0 radical (unpaired) electrons. The van der Waals surface area contributed by atoms with Crippen LogP contribution in [0.15, 0.2) is 29.6 Å². The fraction of sp³-hybridized carbons (Fsp3) is 0.455. The number of ether oxygens (including phenoxy) is 3. The van der Waals surface area contributed by atoms with Gasteiger partial charge in [-0.05, 0) is 38.5 Å². The Morgan fingerprint density at radius 1 is 1.27 bits per heavy atom. The number of amides is 1. The number of carbonyl (C=O) groups is 2. The highest BCUT2D eigenvalue weighted by Crippen LogP contribution is 2.37. The number of benzene rings is 1. The van der Waals surface area contributed by atoms with Crippen molar-refractivity contribution < 1.29 is 23.8 Å². The molecule has 2 heterocycles. The zero-order chi connectivity index (χ0) is 21.7. The molecule has 1 saturated heterocycles. The Bertz CT molecular complexity index is 891. The molecule has 1 aromatic heterocycles. The van der Waals surface area contributed by atoms with Crippen LogP contribution < -0.4 is 10.1 Å². The summed E-state index contributed by atoms with van der Waals surface area (Å²) in [5, 5.41) is 5.28. The first-order chi connectivity index (χ1) is 14.4. The van der Waals surface area contributed by atoms with Crippen LogP contribution in [0, 0.1) is 0 Å². The molecule has 0 unspecified atom stereocenters. The predicted molar refractivity (Wildman–Crippen MR) is 117 cm³/mol. The van der Waals surface area contributed by atoms with Gasteiger partial charge in [0, 0.05) is 23.0 Å². The number of hydrogen-bond donors (Lipinski definition) is 1. The lowest BCUT2D eigenvalue weighted by Gasteiger charge is -2.41. The minimum absolute atomic E-state index is 0.168. The number of methoxy groups -OCH3 is 1. The van der Waals surface area contributed by atoms with Crippen molar-refractivity contribution in [2.75, 3.05) is 45.3 Å². The Morgan fingerprint density at radius 3 is 2.63 bits per heavy atom. The maximum atomic E-state index is 12.8. The van der Waals surface area contributed by atoms with E-state index in [1.807, 2.05) is 29.6 Å². The molecule has 3 rings (SSSR count). The molecule has 30 heavy (non-hydrogen) atoms. The first-order valence-electron chi connectivity index (χ1n) is 9.91. The van der Waals surface area contributed by atoms with Crippen LogP contribution in [0.3, 0.4) is 0 Å². The summed E-state index contributed by atoms with van der Waals surface area (Å²) in [7, 11) is 1.60. The number of hydrogen-bond acceptors (Lipinski definition) is 7. The SMILES string of the molecule is CCOC(=O)c1c(-c2ccc(OC)cc2)csc1NC(=O)CN1CCOCC1(C)C. The van der Waals surface area contributed by atoms with Gasteiger partial charge in [-0.2, -0.15) is 0 Å². The molecule has 0 bridgehead atoms. The largest absolute Gasteiger partial charge is 0.497 e. The Hall–Kier alpha value is -2.42. The Labute approximate surface area is 180 Å². The first kappa shape index (κ1) is 22.3. The van der Waals surface area contributed by atoms with E-state index in [1.54, 1.807) is 14.0 Å². The highest BCUT2D eigenvalue weighted by Gasteiger charge is 2.32. The minimum atomic E-state index is -0.452. The molecule has 8 heteroatoms. The molecule has 1 aliphatic heterocycles. The number of thiophene rings is 1. The van der Waals surface area contributed by atoms with E-state index < -0.39 is 5.97 Å². The van der Waals surface area contributed by atoms with E-state index in [9.17, 15) is 9.59 Å². The van der Waals surface area contributed by atoms with Crippen molar-refractivity contribution in [3.05, 3.63) is 35.2 Å². The molecule has 0 spiro atoms. The fourth-order valence-electron chi connectivity index (χ4n) is 3.36. The van der Waals surface area contributed by atoms with E-state index in [2.05, 4.69) is 24.1 Å². The molecule has 0 saturated carbocycles. The van der Waals surface area contributed by atoms with Gasteiger partial charge in [-0.3, -0.25) is 9.69 Å². The summed E-state index contributed by atoms with van der Waals surface area (Å²) in [5.41, 5.74) is 1.73. The smallest absolute Gasteiger partial charge is 0.341 e. The van der Waals surface area contributed by atoms with Gasteiger partial charge in [0.25, 0.3) is 0 Å². The fourth-order valence-corrected chi connectivity index (χ4v) is 4.34. The van der Waals surface area contributed by atoms with Gasteiger partial charge < -0.3 is 19.5 Å². The number of morpholine rings is 1. The van der Waals surface area contributed by atoms with E-state index in [1.165, 1.54) is 11.3 Å². The summed E-state index contributed by atoms with van der Waals surface area (Å²) in [6.45, 7) is 8.22. The predicted octanol–water partition coefficient (Wildman–Crippen LogP) is 3.65. The van der Waals surface area contributed by atoms with E-state index in [4.69, 9.17) is 14.2 Å². The molecule has 1 amide bonds. The molecule has 1 aromatic carbocycles. The Morgan fingerprint density at radius 2 is 2.00 bits per heavy atom. The molecule has 0 aliphatic carbocycles. The second-order valence-electron chi connectivity index (χ2n) is 7.64. The summed E-state index contributed by atoms with van der Waals surface area (Å²) in [6, 6.07) is 7.43. The maximum absolute atomic E-state index is 12.8. The topological polar surface area (TPSA) is 77.1 Å². The van der Waals surface area contributed by atoms with E-state index in [0.717, 1.165) is 16.9 Å². The van der Waals surface area contributed by atoms with Crippen LogP contribution in [0.5, 0.6) is 5.75 Å². The van der Waals surface area contributed by atoms with Gasteiger partial charge in [-0.25, -0.2) is 4.79 Å². The van der Waals surface area contributed by atoms with Gasteiger partial charge in [-0.15, -0.1) is 11.3 Å². The zero-order valence-electron chi connectivity index (χ0n) is 17.8. The van der Waals surface area contributed by atoms with Gasteiger partial charge >= 0.3 is 5.97 Å². The lowest BCUT2D eigenvalue weighted by atomic mass is 10.0. The zero-order valence-corrected chi connectivity index (χ0v) is 18.6. The van der Waals surface area contributed by atoms with Crippen molar-refractivity contribution in [3.8, 4) is 16.9 Å². The van der Waals surface area contributed by atoms with Crippen LogP contribution in [0.1, 0.15) is 31.1 Å². The standard InChI is InChI=1S/C22H28N2O5S/c1-5-29-21(26)19-17(15-6-8-16(27-4)9-7-15)13-30-20(19)23-18(25)12-24-10-11-28-14-22(24,2)3/h6-9,13H,5,10-12,14H2,1-4H3,(H,23,25). The quantitative estimate of drug-likeness (QED) is 0.673. The van der Waals surface area contributed by atoms with Crippen LogP contribution in [0.2, 0.25) is 0 Å². The van der Waals surface area contributed by atoms with Gasteiger partial charge in [0.15, 0.2) is 0 Å². The van der Waals surface area contributed by atoms with Crippen molar-refractivity contribution in [1.29, 1.82) is 0 Å². The lowest BCUT2D eigenvalue weighted by molar-refractivity contribution is -0.122. The monoisotopic (exact) mass is 432 g/mol. The molecule has 2 aromatic rings. The third-order valence-electron chi connectivity index (χ3n) is 5.08. The molecule has 1 N–H and O–H groups in total. The van der Waals surface area contributed by atoms with Crippen molar-refractivity contribution in [2.45, 2.75) is 26.3 Å². The third kappa shape index (κ3) is 5.00. The third-order valence-corrected chi connectivity index (χ3v) is 5.97. The van der Waals surface area contributed by atoms with Crippen LogP contribution in [0.25, 0.3) is 11.1 Å². The lowest BCUT2D eigenvalue weighted by Crippen LogP contribution is -2.55. The Balaban J connectivity index is 1.84. The normalized spacial score (nSPS) is 16.1. The highest BCUT2D eigenvalue weighted by molar-refractivity contribution is 7.15. The van der Waals surface area contributed by atoms with Crippen molar-refractivity contribution in [1.82, 2.24) is 4.90 Å². The molecule has 0 atom stereocenters. The maximum Gasteiger partial charge on any atom is 0.341 e. The summed E-state index contributed by atoms with van der Waals surface area (Å²) in [6.07, 6.45) is 0. The van der Waals surface area contributed by atoms with E-state index in [0.29, 0.717) is 30.3 Å². The summed E-state index contributed by atoms with van der Waals surface area (Å²) in [4.78, 5) is 27.6. The minimum Gasteiger partial charge on any atom is -0.497 e. The van der Waals surface area contributed by atoms with Crippen LogP contribution in [-0.2, 0) is 14.3 Å². The second-order valence-corrected chi connectivity index (χ2v) is 8.52. The van der Waals surface area contributed by atoms with Crippen molar-refractivity contribution >= 4 is 28.2 Å². The number of carbonyl (C=O) groups excluding carboxylic acids is 2. The highest BCUT2D eigenvalue weighted by atomic mass is 32.1. The van der Waals surface area contributed by atoms with Crippen molar-refractivity contribution in [2.24, 2.45) is 0 Å². The number of nitrogens with one attached hydrogen (secondary N) is 1. The number of nitrogens with zero attached hydrogens (tertiary/aromatic N) is 1. The molecule has 162 valence electrons. The molecule has 1 fully saturated rings. The van der Waals surface area contributed by atoms with Crippen LogP contribution >= 0.6 is 11.3 Å². The second kappa shape index (κ2) is 9.59. The average molecular weight is 433 g/mol. The first-order valence-corrected chi connectivity index (χ1v) is 10.8. The van der Waals surface area contributed by atoms with E-state index >= 15 is 0 Å². The Kier molecular flexibility index (Phi) is 7.12. The molecule has 7 nitrogen and oxygen atoms in total. The van der Waals surface area contributed by atoms with Crippen molar-refractivity contribution in [3.63, 3.8) is 0 Å². The summed E-state index contributed by atoms with van der Waals surface area (Å²) in [5.74, 6) is 0.110. The summed E-state index contributed by atoms with van der Waals surface area (Å²) >= 11 is 1.32. The average Bonchev–Trinajstić information content (AvgIpc) is 3.13. The van der Waals surface area contributed by atoms with Gasteiger partial charge in [0.2, 0.25) is 5.91 Å². The molecule has 1 aliphatic rings. The number of rotatable bonds is 7. The van der Waals surface area contributed by atoms with Crippen LogP contribution in [0.4, 0.5) is 5.00 Å². The van der Waals surface area contributed by atoms with Gasteiger partial charge in [0.1, 0.15) is 16.3 Å². The number of anilines is 1. The molecular weight excluding hydrogens is 404 g/mol.